The van der Waals surface area contributed by atoms with Crippen molar-refractivity contribution in [2.75, 3.05) is 11.8 Å². The fourth-order valence-electron chi connectivity index (χ4n) is 3.39. The number of carbonyl (C=O) groups is 1. The van der Waals surface area contributed by atoms with Crippen LogP contribution in [-0.4, -0.2) is 26.5 Å². The lowest BCUT2D eigenvalue weighted by Gasteiger charge is -2.13. The number of nitrogens with one attached hydrogen (secondary N) is 1. The van der Waals surface area contributed by atoms with Crippen molar-refractivity contribution in [3.63, 3.8) is 0 Å². The van der Waals surface area contributed by atoms with E-state index in [1.165, 1.54) is 31.5 Å². The summed E-state index contributed by atoms with van der Waals surface area (Å²) in [4.78, 5) is 15.8. The first kappa shape index (κ1) is 26.2. The third kappa shape index (κ3) is 6.46. The second-order valence-electron chi connectivity index (χ2n) is 7.67. The Balaban J connectivity index is 1.58. The van der Waals surface area contributed by atoms with Gasteiger partial charge in [0.25, 0.3) is 10.0 Å². The summed E-state index contributed by atoms with van der Waals surface area (Å²) in [7, 11) is -2.81. The van der Waals surface area contributed by atoms with E-state index >= 15 is 0 Å². The Morgan fingerprint density at radius 2 is 1.59 bits per heavy atom. The van der Waals surface area contributed by atoms with Gasteiger partial charge in [0.05, 0.1) is 24.0 Å². The van der Waals surface area contributed by atoms with Gasteiger partial charge in [-0.1, -0.05) is 18.2 Å². The number of ether oxygens (including phenoxy) is 2. The van der Waals surface area contributed by atoms with Gasteiger partial charge in [-0.2, -0.15) is 13.2 Å². The van der Waals surface area contributed by atoms with Crippen molar-refractivity contribution in [1.29, 1.82) is 0 Å². The minimum atomic E-state index is -4.43. The number of halogens is 3. The van der Waals surface area contributed by atoms with Crippen molar-refractivity contribution in [2.24, 2.45) is 0 Å². The van der Waals surface area contributed by atoms with Gasteiger partial charge in [-0.25, -0.2) is 13.4 Å². The van der Waals surface area contributed by atoms with E-state index in [0.29, 0.717) is 16.9 Å². The maximum atomic E-state index is 13.0. The Kier molecular flexibility index (Phi) is 7.50. The number of hydrogen-bond acceptors (Lipinski definition) is 7. The number of thiazole rings is 1. The molecule has 4 rings (SSSR count). The number of anilines is 1. The van der Waals surface area contributed by atoms with Crippen molar-refractivity contribution < 1.29 is 35.9 Å². The lowest BCUT2D eigenvalue weighted by atomic mass is 10.0. The van der Waals surface area contributed by atoms with Crippen LogP contribution in [0, 0.1) is 0 Å². The van der Waals surface area contributed by atoms with Crippen molar-refractivity contribution in [3.8, 4) is 22.6 Å². The number of esters is 1. The van der Waals surface area contributed by atoms with Crippen LogP contribution in [0.2, 0.25) is 0 Å². The molecule has 3 aromatic carbocycles. The number of carbonyl (C=O) groups excluding carboxylic acids is 1. The molecule has 37 heavy (non-hydrogen) atoms. The first-order valence-corrected chi connectivity index (χ1v) is 13.0. The maximum absolute atomic E-state index is 13.0. The van der Waals surface area contributed by atoms with E-state index in [4.69, 9.17) is 9.47 Å². The summed E-state index contributed by atoms with van der Waals surface area (Å²) in [5.41, 5.74) is 0.791. The second-order valence-corrected chi connectivity index (χ2v) is 10.2. The predicted octanol–water partition coefficient (Wildman–Crippen LogP) is 6.14. The van der Waals surface area contributed by atoms with Gasteiger partial charge in [-0.05, 0) is 65.2 Å². The van der Waals surface area contributed by atoms with Crippen LogP contribution in [0.5, 0.6) is 11.5 Å². The summed E-state index contributed by atoms with van der Waals surface area (Å²) in [5.74, 6) is 0.0247. The molecule has 0 spiro atoms. The van der Waals surface area contributed by atoms with Gasteiger partial charge in [0.1, 0.15) is 11.5 Å². The second kappa shape index (κ2) is 10.6. The third-order valence-corrected chi connectivity index (χ3v) is 7.43. The average Bonchev–Trinajstić information content (AvgIpc) is 3.36. The number of rotatable bonds is 8. The molecule has 0 atom stereocenters. The molecule has 0 aliphatic rings. The zero-order chi connectivity index (χ0) is 26.6. The molecule has 0 bridgehead atoms. The number of alkyl halides is 3. The molecule has 0 aliphatic heterocycles. The lowest BCUT2D eigenvalue weighted by molar-refractivity contribution is -0.140. The standard InChI is InChI=1S/C25H19F3N2O5S2/c1-34-23(31)15-18-14-17(4-11-22(18)37(32,33)30-24-29-12-13-36-24)16-2-7-20(8-3-16)35-21-9-5-19(6-10-21)25(26,27)28/h2-14H,15H2,1H3,(H,29,30). The summed E-state index contributed by atoms with van der Waals surface area (Å²) in [6.45, 7) is 0. The highest BCUT2D eigenvalue weighted by molar-refractivity contribution is 7.93. The molecule has 4 aromatic rings. The largest absolute Gasteiger partial charge is 0.469 e. The number of benzene rings is 3. The molecule has 7 nitrogen and oxygen atoms in total. The zero-order valence-corrected chi connectivity index (χ0v) is 20.8. The molecule has 0 amide bonds. The summed E-state index contributed by atoms with van der Waals surface area (Å²) >= 11 is 1.12. The molecule has 0 aliphatic carbocycles. The van der Waals surface area contributed by atoms with Gasteiger partial charge in [0, 0.05) is 11.6 Å². The lowest BCUT2D eigenvalue weighted by Crippen LogP contribution is -2.17. The van der Waals surface area contributed by atoms with Crippen LogP contribution < -0.4 is 9.46 Å². The highest BCUT2D eigenvalue weighted by Gasteiger charge is 2.30. The molecular formula is C25H19F3N2O5S2. The van der Waals surface area contributed by atoms with Crippen LogP contribution in [0.15, 0.2) is 83.2 Å². The van der Waals surface area contributed by atoms with Crippen molar-refractivity contribution in [1.82, 2.24) is 4.98 Å². The average molecular weight is 549 g/mol. The van der Waals surface area contributed by atoms with E-state index in [2.05, 4.69) is 9.71 Å². The van der Waals surface area contributed by atoms with E-state index in [-0.39, 0.29) is 27.8 Å². The Bertz CT molecular complexity index is 1490. The minimum absolute atomic E-state index is 0.0842. The number of hydrogen-bond donors (Lipinski definition) is 1. The van der Waals surface area contributed by atoms with Crippen LogP contribution >= 0.6 is 11.3 Å². The molecule has 0 saturated carbocycles. The Morgan fingerprint density at radius 1 is 0.973 bits per heavy atom. The van der Waals surface area contributed by atoms with Gasteiger partial charge in [0.15, 0.2) is 5.13 Å². The van der Waals surface area contributed by atoms with Crippen molar-refractivity contribution in [2.45, 2.75) is 17.5 Å². The van der Waals surface area contributed by atoms with Crippen LogP contribution in [0.1, 0.15) is 11.1 Å². The van der Waals surface area contributed by atoms with E-state index in [1.807, 2.05) is 0 Å². The molecule has 0 radical (unpaired) electrons. The van der Waals surface area contributed by atoms with Crippen molar-refractivity contribution >= 4 is 32.5 Å². The molecule has 12 heteroatoms. The summed E-state index contributed by atoms with van der Waals surface area (Å²) < 4.78 is 76.9. The van der Waals surface area contributed by atoms with Gasteiger partial charge >= 0.3 is 12.1 Å². The summed E-state index contributed by atoms with van der Waals surface area (Å²) in [6, 6.07) is 15.6. The predicted molar refractivity (Wildman–Crippen MR) is 132 cm³/mol. The van der Waals surface area contributed by atoms with E-state index in [1.54, 1.807) is 41.8 Å². The SMILES string of the molecule is COC(=O)Cc1cc(-c2ccc(Oc3ccc(C(F)(F)F)cc3)cc2)ccc1S(=O)(=O)Nc1nccs1. The van der Waals surface area contributed by atoms with Gasteiger partial charge in [-0.15, -0.1) is 11.3 Å². The molecule has 192 valence electrons. The summed E-state index contributed by atoms with van der Waals surface area (Å²) in [6.07, 6.45) is -3.24. The molecule has 0 unspecified atom stereocenters. The first-order valence-electron chi connectivity index (χ1n) is 10.6. The molecule has 0 saturated heterocycles. The smallest absolute Gasteiger partial charge is 0.416 e. The number of sulfonamides is 1. The van der Waals surface area contributed by atoms with Crippen LogP contribution in [0.25, 0.3) is 11.1 Å². The van der Waals surface area contributed by atoms with Crippen molar-refractivity contribution in [3.05, 3.63) is 89.4 Å². The highest BCUT2D eigenvalue weighted by Crippen LogP contribution is 2.33. The van der Waals surface area contributed by atoms with Gasteiger partial charge in [0.2, 0.25) is 0 Å². The maximum Gasteiger partial charge on any atom is 0.416 e. The van der Waals surface area contributed by atoms with Gasteiger partial charge in [-0.3, -0.25) is 9.52 Å². The highest BCUT2D eigenvalue weighted by atomic mass is 32.2. The third-order valence-electron chi connectivity index (χ3n) is 5.17. The van der Waals surface area contributed by atoms with Gasteiger partial charge < -0.3 is 9.47 Å². The molecular weight excluding hydrogens is 529 g/mol. The molecule has 0 fully saturated rings. The first-order chi connectivity index (χ1) is 17.5. The number of methoxy groups -OCH3 is 1. The Morgan fingerprint density at radius 3 is 2.16 bits per heavy atom. The summed E-state index contributed by atoms with van der Waals surface area (Å²) in [5, 5.41) is 1.82. The fraction of sp³-hybridized carbons (Fsp3) is 0.120. The topological polar surface area (TPSA) is 94.6 Å². The zero-order valence-electron chi connectivity index (χ0n) is 19.2. The Labute approximate surface area is 214 Å². The van der Waals surface area contributed by atoms with E-state index < -0.39 is 27.7 Å². The monoisotopic (exact) mass is 548 g/mol. The van der Waals surface area contributed by atoms with Crippen LogP contribution in [-0.2, 0) is 32.2 Å². The number of nitrogens with zero attached hydrogens (tertiary/aromatic N) is 1. The fourth-order valence-corrected chi connectivity index (χ4v) is 5.40. The minimum Gasteiger partial charge on any atom is -0.469 e. The van der Waals surface area contributed by atoms with Crippen LogP contribution in [0.4, 0.5) is 18.3 Å². The molecule has 1 aromatic heterocycles. The molecule has 1 N–H and O–H groups in total. The quantitative estimate of drug-likeness (QED) is 0.266. The Hall–Kier alpha value is -3.90. The normalized spacial score (nSPS) is 11.7. The van der Waals surface area contributed by atoms with E-state index in [9.17, 15) is 26.4 Å². The van der Waals surface area contributed by atoms with Crippen LogP contribution in [0.3, 0.4) is 0 Å². The number of aromatic nitrogens is 1. The molecule has 1 heterocycles. The van der Waals surface area contributed by atoms with E-state index in [0.717, 1.165) is 23.5 Å².